The lowest BCUT2D eigenvalue weighted by Crippen LogP contribution is -2.10. The molecular formula is C14H17N3O. The Morgan fingerprint density at radius 2 is 2.00 bits per heavy atom. The summed E-state index contributed by atoms with van der Waals surface area (Å²) in [7, 11) is 1.63. The second kappa shape index (κ2) is 5.40. The summed E-state index contributed by atoms with van der Waals surface area (Å²) in [5, 5.41) is 3.30. The molecule has 2 rings (SSSR count). The SMILES string of the molecule is COc1cccnc1NC(C)c1ccccc1N. The number of hydrogen-bond donors (Lipinski definition) is 2. The van der Waals surface area contributed by atoms with E-state index in [0.717, 1.165) is 22.8 Å². The minimum atomic E-state index is 0.0648. The van der Waals surface area contributed by atoms with Gasteiger partial charge in [-0.15, -0.1) is 0 Å². The highest BCUT2D eigenvalue weighted by Crippen LogP contribution is 2.27. The van der Waals surface area contributed by atoms with Gasteiger partial charge in [0.2, 0.25) is 0 Å². The fraction of sp³-hybridized carbons (Fsp3) is 0.214. The van der Waals surface area contributed by atoms with Crippen LogP contribution in [0.1, 0.15) is 18.5 Å². The third-order valence-corrected chi connectivity index (χ3v) is 2.81. The van der Waals surface area contributed by atoms with Crippen LogP contribution in [0.3, 0.4) is 0 Å². The molecule has 0 saturated heterocycles. The predicted molar refractivity (Wildman–Crippen MR) is 73.7 cm³/mol. The normalized spacial score (nSPS) is 11.9. The molecule has 1 aromatic heterocycles. The van der Waals surface area contributed by atoms with Crippen molar-refractivity contribution in [3.8, 4) is 5.75 Å². The first kappa shape index (κ1) is 12.2. The van der Waals surface area contributed by atoms with Gasteiger partial charge < -0.3 is 15.8 Å². The molecule has 18 heavy (non-hydrogen) atoms. The molecule has 0 fully saturated rings. The molecule has 2 aromatic rings. The van der Waals surface area contributed by atoms with Crippen LogP contribution in [-0.4, -0.2) is 12.1 Å². The number of benzene rings is 1. The lowest BCUT2D eigenvalue weighted by Gasteiger charge is -2.18. The number of nitrogen functional groups attached to an aromatic ring is 1. The van der Waals surface area contributed by atoms with Crippen molar-refractivity contribution in [2.75, 3.05) is 18.2 Å². The maximum atomic E-state index is 5.95. The Labute approximate surface area is 107 Å². The Hall–Kier alpha value is -2.23. The molecule has 0 amide bonds. The van der Waals surface area contributed by atoms with Gasteiger partial charge in [-0.1, -0.05) is 18.2 Å². The molecule has 4 heteroatoms. The fourth-order valence-corrected chi connectivity index (χ4v) is 1.85. The predicted octanol–water partition coefficient (Wildman–Crippen LogP) is 2.85. The van der Waals surface area contributed by atoms with E-state index < -0.39 is 0 Å². The molecule has 0 aliphatic carbocycles. The second-order valence-electron chi connectivity index (χ2n) is 4.05. The van der Waals surface area contributed by atoms with Gasteiger partial charge in [0.25, 0.3) is 0 Å². The van der Waals surface area contributed by atoms with Crippen molar-refractivity contribution in [2.24, 2.45) is 0 Å². The van der Waals surface area contributed by atoms with Crippen molar-refractivity contribution in [1.29, 1.82) is 0 Å². The number of rotatable bonds is 4. The van der Waals surface area contributed by atoms with Crippen LogP contribution in [0.5, 0.6) is 5.75 Å². The van der Waals surface area contributed by atoms with Gasteiger partial charge >= 0.3 is 0 Å². The number of anilines is 2. The largest absolute Gasteiger partial charge is 0.493 e. The Balaban J connectivity index is 2.21. The minimum Gasteiger partial charge on any atom is -0.493 e. The Morgan fingerprint density at radius 1 is 1.22 bits per heavy atom. The van der Waals surface area contributed by atoms with E-state index in [1.807, 2.05) is 43.3 Å². The molecule has 0 aliphatic heterocycles. The highest BCUT2D eigenvalue weighted by Gasteiger charge is 2.11. The summed E-state index contributed by atoms with van der Waals surface area (Å²) in [6.07, 6.45) is 1.73. The third kappa shape index (κ3) is 2.53. The van der Waals surface area contributed by atoms with Crippen LogP contribution in [0.25, 0.3) is 0 Å². The number of nitrogens with zero attached hydrogens (tertiary/aromatic N) is 1. The average Bonchev–Trinajstić information content (AvgIpc) is 2.39. The summed E-state index contributed by atoms with van der Waals surface area (Å²) in [5.74, 6) is 1.44. The van der Waals surface area contributed by atoms with E-state index in [9.17, 15) is 0 Å². The van der Waals surface area contributed by atoms with E-state index in [1.165, 1.54) is 0 Å². The van der Waals surface area contributed by atoms with Crippen molar-refractivity contribution in [3.05, 3.63) is 48.2 Å². The van der Waals surface area contributed by atoms with E-state index in [-0.39, 0.29) is 6.04 Å². The molecular weight excluding hydrogens is 226 g/mol. The monoisotopic (exact) mass is 243 g/mol. The van der Waals surface area contributed by atoms with Gasteiger partial charge in [0.1, 0.15) is 0 Å². The highest BCUT2D eigenvalue weighted by molar-refractivity contribution is 5.55. The molecule has 0 spiro atoms. The number of pyridine rings is 1. The number of nitrogens with one attached hydrogen (secondary N) is 1. The average molecular weight is 243 g/mol. The molecule has 0 radical (unpaired) electrons. The molecule has 4 nitrogen and oxygen atoms in total. The minimum absolute atomic E-state index is 0.0648. The summed E-state index contributed by atoms with van der Waals surface area (Å²) in [6, 6.07) is 11.6. The second-order valence-corrected chi connectivity index (χ2v) is 4.05. The van der Waals surface area contributed by atoms with Crippen LogP contribution >= 0.6 is 0 Å². The number of aromatic nitrogens is 1. The Bertz CT molecular complexity index is 528. The van der Waals surface area contributed by atoms with Crippen LogP contribution in [-0.2, 0) is 0 Å². The summed E-state index contributed by atoms with van der Waals surface area (Å²) < 4.78 is 5.26. The summed E-state index contributed by atoms with van der Waals surface area (Å²) in [4.78, 5) is 4.27. The summed E-state index contributed by atoms with van der Waals surface area (Å²) in [5.41, 5.74) is 7.77. The third-order valence-electron chi connectivity index (χ3n) is 2.81. The fourth-order valence-electron chi connectivity index (χ4n) is 1.85. The van der Waals surface area contributed by atoms with Crippen LogP contribution < -0.4 is 15.8 Å². The molecule has 0 saturated carbocycles. The van der Waals surface area contributed by atoms with Gasteiger partial charge in [0.05, 0.1) is 13.2 Å². The van der Waals surface area contributed by atoms with Gasteiger partial charge in [0, 0.05) is 11.9 Å². The molecule has 1 heterocycles. The summed E-state index contributed by atoms with van der Waals surface area (Å²) in [6.45, 7) is 2.04. The maximum Gasteiger partial charge on any atom is 0.169 e. The van der Waals surface area contributed by atoms with E-state index in [0.29, 0.717) is 0 Å². The van der Waals surface area contributed by atoms with E-state index in [2.05, 4.69) is 10.3 Å². The lowest BCUT2D eigenvalue weighted by molar-refractivity contribution is 0.414. The number of methoxy groups -OCH3 is 1. The number of hydrogen-bond acceptors (Lipinski definition) is 4. The molecule has 0 aliphatic rings. The zero-order chi connectivity index (χ0) is 13.0. The van der Waals surface area contributed by atoms with E-state index in [4.69, 9.17) is 10.5 Å². The molecule has 1 aromatic carbocycles. The maximum absolute atomic E-state index is 5.95. The van der Waals surface area contributed by atoms with Gasteiger partial charge in [-0.2, -0.15) is 0 Å². The molecule has 1 unspecified atom stereocenters. The molecule has 0 bridgehead atoms. The van der Waals surface area contributed by atoms with Crippen LogP contribution in [0.2, 0.25) is 0 Å². The molecule has 1 atom stereocenters. The topological polar surface area (TPSA) is 60.2 Å². The first-order valence-corrected chi connectivity index (χ1v) is 5.82. The zero-order valence-corrected chi connectivity index (χ0v) is 10.6. The van der Waals surface area contributed by atoms with Crippen LogP contribution in [0.15, 0.2) is 42.6 Å². The Kier molecular flexibility index (Phi) is 3.67. The highest BCUT2D eigenvalue weighted by atomic mass is 16.5. The Morgan fingerprint density at radius 3 is 2.72 bits per heavy atom. The van der Waals surface area contributed by atoms with E-state index in [1.54, 1.807) is 13.3 Å². The van der Waals surface area contributed by atoms with Crippen molar-refractivity contribution in [3.63, 3.8) is 0 Å². The zero-order valence-electron chi connectivity index (χ0n) is 10.6. The van der Waals surface area contributed by atoms with Gasteiger partial charge in [-0.3, -0.25) is 0 Å². The van der Waals surface area contributed by atoms with E-state index >= 15 is 0 Å². The van der Waals surface area contributed by atoms with Gasteiger partial charge in [0.15, 0.2) is 11.6 Å². The van der Waals surface area contributed by atoms with Crippen LogP contribution in [0, 0.1) is 0 Å². The molecule has 94 valence electrons. The van der Waals surface area contributed by atoms with Gasteiger partial charge in [-0.05, 0) is 30.7 Å². The number of nitrogens with two attached hydrogens (primary N) is 1. The summed E-state index contributed by atoms with van der Waals surface area (Å²) >= 11 is 0. The molecule has 3 N–H and O–H groups in total. The smallest absolute Gasteiger partial charge is 0.169 e. The number of para-hydroxylation sites is 1. The first-order chi connectivity index (χ1) is 8.72. The van der Waals surface area contributed by atoms with Crippen molar-refractivity contribution < 1.29 is 4.74 Å². The first-order valence-electron chi connectivity index (χ1n) is 5.82. The number of ether oxygens (including phenoxy) is 1. The van der Waals surface area contributed by atoms with Gasteiger partial charge in [-0.25, -0.2) is 4.98 Å². The lowest BCUT2D eigenvalue weighted by atomic mass is 10.1. The van der Waals surface area contributed by atoms with Crippen molar-refractivity contribution in [1.82, 2.24) is 4.98 Å². The van der Waals surface area contributed by atoms with Crippen molar-refractivity contribution in [2.45, 2.75) is 13.0 Å². The van der Waals surface area contributed by atoms with Crippen molar-refractivity contribution >= 4 is 11.5 Å². The quantitative estimate of drug-likeness (QED) is 0.811. The standard InChI is InChI=1S/C14H17N3O/c1-10(11-6-3-4-7-12(11)15)17-14-13(18-2)8-5-9-16-14/h3-10H,15H2,1-2H3,(H,16,17). The van der Waals surface area contributed by atoms with Crippen LogP contribution in [0.4, 0.5) is 11.5 Å².